The average molecular weight is 192 g/mol. The Kier molecular flexibility index (Phi) is 2.66. The lowest BCUT2D eigenvalue weighted by Crippen LogP contribution is -2.01. The van der Waals surface area contributed by atoms with Gasteiger partial charge in [-0.2, -0.15) is 5.10 Å². The normalized spacial score (nSPS) is 15.8. The Morgan fingerprint density at radius 2 is 2.43 bits per heavy atom. The number of aromatic nitrogens is 2. The van der Waals surface area contributed by atoms with Gasteiger partial charge < -0.3 is 0 Å². The number of carbonyl (C=O) groups excluding carboxylic acids is 1. The molecule has 0 saturated heterocycles. The van der Waals surface area contributed by atoms with Gasteiger partial charge in [-0.3, -0.25) is 9.48 Å². The minimum atomic E-state index is 0.399. The first-order chi connectivity index (χ1) is 6.79. The third-order valence-electron chi connectivity index (χ3n) is 2.70. The van der Waals surface area contributed by atoms with Gasteiger partial charge in [-0.15, -0.1) is 0 Å². The maximum Gasteiger partial charge on any atom is 0.136 e. The van der Waals surface area contributed by atoms with Gasteiger partial charge in [0, 0.05) is 25.1 Å². The lowest BCUT2D eigenvalue weighted by molar-refractivity contribution is -0.120. The van der Waals surface area contributed by atoms with E-state index in [0.717, 1.165) is 25.8 Å². The highest BCUT2D eigenvalue weighted by atomic mass is 16.1. The zero-order chi connectivity index (χ0) is 9.97. The Morgan fingerprint density at radius 1 is 1.64 bits per heavy atom. The van der Waals surface area contributed by atoms with Crippen LogP contribution in [0.1, 0.15) is 31.7 Å². The molecule has 0 bridgehead atoms. The largest absolute Gasteiger partial charge is 0.299 e. The lowest BCUT2D eigenvalue weighted by atomic mass is 10.1. The molecule has 0 spiro atoms. The van der Waals surface area contributed by atoms with E-state index in [1.54, 1.807) is 0 Å². The predicted octanol–water partition coefficient (Wildman–Crippen LogP) is 1.81. The van der Waals surface area contributed by atoms with Crippen LogP contribution in [0.4, 0.5) is 0 Å². The smallest absolute Gasteiger partial charge is 0.136 e. The van der Waals surface area contributed by atoms with Gasteiger partial charge in [0.25, 0.3) is 0 Å². The van der Waals surface area contributed by atoms with Crippen LogP contribution in [-0.4, -0.2) is 15.6 Å². The van der Waals surface area contributed by atoms with Gasteiger partial charge in [-0.25, -0.2) is 0 Å². The van der Waals surface area contributed by atoms with E-state index in [1.807, 2.05) is 17.1 Å². The molecule has 1 saturated carbocycles. The fourth-order valence-corrected chi connectivity index (χ4v) is 1.59. The molecule has 1 fully saturated rings. The predicted molar refractivity (Wildman–Crippen MR) is 54.0 cm³/mol. The van der Waals surface area contributed by atoms with E-state index in [1.165, 1.54) is 5.56 Å². The highest BCUT2D eigenvalue weighted by Gasteiger charge is 2.28. The molecule has 1 aliphatic rings. The molecule has 0 unspecified atom stereocenters. The van der Waals surface area contributed by atoms with Crippen LogP contribution in [0.3, 0.4) is 0 Å². The maximum absolute atomic E-state index is 11.4. The molecule has 1 aliphatic carbocycles. The molecule has 0 amide bonds. The molecule has 1 heterocycles. The summed E-state index contributed by atoms with van der Waals surface area (Å²) in [5.41, 5.74) is 1.18. The van der Waals surface area contributed by atoms with E-state index < -0.39 is 0 Å². The minimum Gasteiger partial charge on any atom is -0.299 e. The van der Waals surface area contributed by atoms with Crippen molar-refractivity contribution in [3.63, 3.8) is 0 Å². The summed E-state index contributed by atoms with van der Waals surface area (Å²) in [4.78, 5) is 11.4. The number of rotatable bonds is 5. The fourth-order valence-electron chi connectivity index (χ4n) is 1.59. The van der Waals surface area contributed by atoms with Crippen molar-refractivity contribution in [2.45, 2.75) is 39.2 Å². The van der Waals surface area contributed by atoms with Crippen molar-refractivity contribution < 1.29 is 4.79 Å². The molecule has 0 atom stereocenters. The molecule has 3 nitrogen and oxygen atoms in total. The molecular formula is C11H16N2O. The van der Waals surface area contributed by atoms with E-state index in [2.05, 4.69) is 12.0 Å². The van der Waals surface area contributed by atoms with Gasteiger partial charge in [0.1, 0.15) is 5.78 Å². The van der Waals surface area contributed by atoms with Crippen LogP contribution in [0.25, 0.3) is 0 Å². The number of ketones is 1. The molecule has 14 heavy (non-hydrogen) atoms. The summed E-state index contributed by atoms with van der Waals surface area (Å²) < 4.78 is 1.90. The fraction of sp³-hybridized carbons (Fsp3) is 0.636. The number of hydrogen-bond acceptors (Lipinski definition) is 2. The van der Waals surface area contributed by atoms with Crippen molar-refractivity contribution in [1.82, 2.24) is 9.78 Å². The SMILES string of the molecule is CCn1cc(CCC(=O)C2CC2)cn1. The van der Waals surface area contributed by atoms with Crippen LogP contribution in [0.15, 0.2) is 12.4 Å². The highest BCUT2D eigenvalue weighted by molar-refractivity contribution is 5.83. The Bertz CT molecular complexity index is 326. The summed E-state index contributed by atoms with van der Waals surface area (Å²) in [6.45, 7) is 2.96. The first-order valence-electron chi connectivity index (χ1n) is 5.33. The third kappa shape index (κ3) is 2.22. The van der Waals surface area contributed by atoms with Crippen molar-refractivity contribution in [1.29, 1.82) is 0 Å². The molecule has 3 heteroatoms. The molecule has 1 aromatic rings. The standard InChI is InChI=1S/C11H16N2O/c1-2-13-8-9(7-12-13)3-6-11(14)10-4-5-10/h7-8,10H,2-6H2,1H3. The van der Waals surface area contributed by atoms with Crippen LogP contribution < -0.4 is 0 Å². The monoisotopic (exact) mass is 192 g/mol. The number of aryl methyl sites for hydroxylation is 2. The van der Waals surface area contributed by atoms with Crippen molar-refractivity contribution in [2.24, 2.45) is 5.92 Å². The van der Waals surface area contributed by atoms with E-state index in [9.17, 15) is 4.79 Å². The van der Waals surface area contributed by atoms with Gasteiger partial charge in [-0.05, 0) is 31.7 Å². The highest BCUT2D eigenvalue weighted by Crippen LogP contribution is 2.31. The van der Waals surface area contributed by atoms with Crippen LogP contribution in [0, 0.1) is 5.92 Å². The van der Waals surface area contributed by atoms with E-state index in [0.29, 0.717) is 18.1 Å². The Hall–Kier alpha value is -1.12. The topological polar surface area (TPSA) is 34.9 Å². The van der Waals surface area contributed by atoms with E-state index in [-0.39, 0.29) is 0 Å². The van der Waals surface area contributed by atoms with Crippen LogP contribution in [0.2, 0.25) is 0 Å². The Balaban J connectivity index is 1.81. The summed E-state index contributed by atoms with van der Waals surface area (Å²) in [6, 6.07) is 0. The molecule has 2 rings (SSSR count). The average Bonchev–Trinajstić information content (AvgIpc) is 2.94. The van der Waals surface area contributed by atoms with Crippen LogP contribution >= 0.6 is 0 Å². The minimum absolute atomic E-state index is 0.399. The Labute approximate surface area is 84.1 Å². The van der Waals surface area contributed by atoms with Crippen LogP contribution in [0.5, 0.6) is 0 Å². The van der Waals surface area contributed by atoms with Crippen molar-refractivity contribution in [2.75, 3.05) is 0 Å². The summed E-state index contributed by atoms with van der Waals surface area (Å²) in [5, 5.41) is 4.18. The maximum atomic E-state index is 11.4. The second-order valence-electron chi connectivity index (χ2n) is 3.94. The van der Waals surface area contributed by atoms with Crippen molar-refractivity contribution in [3.05, 3.63) is 18.0 Å². The van der Waals surface area contributed by atoms with Crippen molar-refractivity contribution in [3.8, 4) is 0 Å². The zero-order valence-electron chi connectivity index (χ0n) is 8.57. The summed E-state index contributed by atoms with van der Waals surface area (Å²) in [6.07, 6.45) is 7.68. The first kappa shape index (κ1) is 9.44. The molecule has 76 valence electrons. The molecular weight excluding hydrogens is 176 g/mol. The first-order valence-corrected chi connectivity index (χ1v) is 5.33. The molecule has 0 aliphatic heterocycles. The van der Waals surface area contributed by atoms with Crippen molar-refractivity contribution >= 4 is 5.78 Å². The molecule has 1 aromatic heterocycles. The number of nitrogens with zero attached hydrogens (tertiary/aromatic N) is 2. The Morgan fingerprint density at radius 3 is 3.00 bits per heavy atom. The number of carbonyl (C=O) groups is 1. The van der Waals surface area contributed by atoms with Gasteiger partial charge in [0.2, 0.25) is 0 Å². The third-order valence-corrected chi connectivity index (χ3v) is 2.70. The zero-order valence-corrected chi connectivity index (χ0v) is 8.57. The van der Waals surface area contributed by atoms with Gasteiger partial charge >= 0.3 is 0 Å². The van der Waals surface area contributed by atoms with E-state index in [4.69, 9.17) is 0 Å². The summed E-state index contributed by atoms with van der Waals surface area (Å²) in [7, 11) is 0. The lowest BCUT2D eigenvalue weighted by Gasteiger charge is -1.95. The molecule has 0 N–H and O–H groups in total. The van der Waals surface area contributed by atoms with Crippen LogP contribution in [-0.2, 0) is 17.8 Å². The summed E-state index contributed by atoms with van der Waals surface area (Å²) >= 11 is 0. The molecule has 0 aromatic carbocycles. The number of hydrogen-bond donors (Lipinski definition) is 0. The summed E-state index contributed by atoms with van der Waals surface area (Å²) in [5.74, 6) is 0.838. The van der Waals surface area contributed by atoms with E-state index >= 15 is 0 Å². The number of Topliss-reactive ketones (excluding diaryl/α,β-unsaturated/α-hetero) is 1. The molecule has 0 radical (unpaired) electrons. The second-order valence-corrected chi connectivity index (χ2v) is 3.94. The second kappa shape index (κ2) is 3.95. The van der Waals surface area contributed by atoms with Gasteiger partial charge in [0.05, 0.1) is 6.20 Å². The van der Waals surface area contributed by atoms with Gasteiger partial charge in [-0.1, -0.05) is 0 Å². The quantitative estimate of drug-likeness (QED) is 0.713. The van der Waals surface area contributed by atoms with Gasteiger partial charge in [0.15, 0.2) is 0 Å².